The van der Waals surface area contributed by atoms with E-state index in [0.717, 1.165) is 0 Å². The van der Waals surface area contributed by atoms with Crippen molar-refractivity contribution in [1.29, 1.82) is 0 Å². The third kappa shape index (κ3) is 3.01. The molecule has 0 spiro atoms. The van der Waals surface area contributed by atoms with Crippen molar-refractivity contribution in [3.63, 3.8) is 0 Å². The minimum absolute atomic E-state index is 0.0698. The highest BCUT2D eigenvalue weighted by Gasteiger charge is 2.55. The van der Waals surface area contributed by atoms with Crippen molar-refractivity contribution in [2.24, 2.45) is 11.8 Å². The standard InChI is InChI=1S/C20H21F2NO2/c1-20(2,24)15-10-16(25-19-13-4-3-5-14(13)19)23-18(17(15)22)11-6-8-12(21)9-7-11/h6-10,13-14,19,24H,3-5H2,1-2H3/t13-,14+,19?. The fourth-order valence-corrected chi connectivity index (χ4v) is 3.88. The Morgan fingerprint density at radius 1 is 1.12 bits per heavy atom. The van der Waals surface area contributed by atoms with Gasteiger partial charge in [0.15, 0.2) is 5.82 Å². The van der Waals surface area contributed by atoms with Crippen LogP contribution in [0.5, 0.6) is 5.88 Å². The van der Waals surface area contributed by atoms with Crippen molar-refractivity contribution in [2.45, 2.75) is 44.8 Å². The van der Waals surface area contributed by atoms with Crippen molar-refractivity contribution >= 4 is 0 Å². The predicted octanol–water partition coefficient (Wildman–Crippen LogP) is 4.43. The lowest BCUT2D eigenvalue weighted by Crippen LogP contribution is -2.19. The van der Waals surface area contributed by atoms with Crippen molar-refractivity contribution in [3.05, 3.63) is 47.5 Å². The summed E-state index contributed by atoms with van der Waals surface area (Å²) in [5, 5.41) is 10.3. The second-order valence-corrected chi connectivity index (χ2v) is 7.58. The number of hydrogen-bond donors (Lipinski definition) is 1. The summed E-state index contributed by atoms with van der Waals surface area (Å²) >= 11 is 0. The average molecular weight is 345 g/mol. The minimum atomic E-state index is -1.38. The number of fused-ring (bicyclic) bond motifs is 1. The van der Waals surface area contributed by atoms with Gasteiger partial charge in [0.1, 0.15) is 17.6 Å². The molecule has 1 aromatic carbocycles. The first-order valence-electron chi connectivity index (χ1n) is 8.70. The van der Waals surface area contributed by atoms with Crippen LogP contribution < -0.4 is 4.74 Å². The molecule has 1 heterocycles. The number of pyridine rings is 1. The smallest absolute Gasteiger partial charge is 0.214 e. The van der Waals surface area contributed by atoms with Crippen LogP contribution in [0.4, 0.5) is 8.78 Å². The Hall–Kier alpha value is -2.01. The fourth-order valence-electron chi connectivity index (χ4n) is 3.88. The van der Waals surface area contributed by atoms with Gasteiger partial charge in [0.05, 0.1) is 5.60 Å². The average Bonchev–Trinajstić information content (AvgIpc) is 2.98. The summed E-state index contributed by atoms with van der Waals surface area (Å²) < 4.78 is 34.1. The number of halogens is 2. The van der Waals surface area contributed by atoms with E-state index >= 15 is 0 Å². The first-order valence-corrected chi connectivity index (χ1v) is 8.70. The van der Waals surface area contributed by atoms with Gasteiger partial charge in [-0.3, -0.25) is 0 Å². The van der Waals surface area contributed by atoms with E-state index in [0.29, 0.717) is 23.3 Å². The Kier molecular flexibility index (Phi) is 3.80. The maximum Gasteiger partial charge on any atom is 0.214 e. The Labute approximate surface area is 145 Å². The largest absolute Gasteiger partial charge is 0.474 e. The van der Waals surface area contributed by atoms with Crippen LogP contribution in [0, 0.1) is 23.5 Å². The number of ether oxygens (including phenoxy) is 1. The summed E-state index contributed by atoms with van der Waals surface area (Å²) in [5.41, 5.74) is -0.729. The maximum atomic E-state index is 14.9. The lowest BCUT2D eigenvalue weighted by molar-refractivity contribution is 0.0739. The van der Waals surface area contributed by atoms with Crippen LogP contribution in [0.1, 0.15) is 38.7 Å². The number of nitrogens with zero attached hydrogens (tertiary/aromatic N) is 1. The molecule has 2 aromatic rings. The number of hydrogen-bond acceptors (Lipinski definition) is 3. The first-order chi connectivity index (χ1) is 11.8. The number of benzene rings is 1. The van der Waals surface area contributed by atoms with Crippen LogP contribution >= 0.6 is 0 Å². The van der Waals surface area contributed by atoms with Crippen molar-refractivity contribution in [3.8, 4) is 17.1 Å². The molecule has 1 aromatic heterocycles. The van der Waals surface area contributed by atoms with Gasteiger partial charge in [0.2, 0.25) is 5.88 Å². The molecule has 0 bridgehead atoms. The highest BCUT2D eigenvalue weighted by molar-refractivity contribution is 5.62. The molecular weight excluding hydrogens is 324 g/mol. The molecule has 2 fully saturated rings. The third-order valence-corrected chi connectivity index (χ3v) is 5.30. The van der Waals surface area contributed by atoms with E-state index in [2.05, 4.69) is 4.98 Å². The summed E-state index contributed by atoms with van der Waals surface area (Å²) in [6.07, 6.45) is 3.71. The van der Waals surface area contributed by atoms with Crippen LogP contribution in [0.25, 0.3) is 11.3 Å². The van der Waals surface area contributed by atoms with Crippen LogP contribution in [0.2, 0.25) is 0 Å². The first kappa shape index (κ1) is 16.5. The van der Waals surface area contributed by atoms with Gasteiger partial charge in [0, 0.05) is 29.0 Å². The lowest BCUT2D eigenvalue weighted by Gasteiger charge is -2.21. The fraction of sp³-hybridized carbons (Fsp3) is 0.450. The van der Waals surface area contributed by atoms with Crippen LogP contribution in [-0.2, 0) is 5.60 Å². The maximum absolute atomic E-state index is 14.9. The van der Waals surface area contributed by atoms with Gasteiger partial charge in [-0.05, 0) is 51.0 Å². The second-order valence-electron chi connectivity index (χ2n) is 7.58. The molecule has 2 saturated carbocycles. The van der Waals surface area contributed by atoms with Gasteiger partial charge in [0.25, 0.3) is 0 Å². The molecule has 1 unspecified atom stereocenters. The molecule has 0 amide bonds. The molecule has 1 N–H and O–H groups in total. The van der Waals surface area contributed by atoms with Crippen LogP contribution in [0.3, 0.4) is 0 Å². The predicted molar refractivity (Wildman–Crippen MR) is 90.1 cm³/mol. The van der Waals surface area contributed by atoms with E-state index in [4.69, 9.17) is 4.74 Å². The molecule has 4 rings (SSSR count). The van der Waals surface area contributed by atoms with Crippen molar-refractivity contribution in [1.82, 2.24) is 4.98 Å². The monoisotopic (exact) mass is 345 g/mol. The summed E-state index contributed by atoms with van der Waals surface area (Å²) in [6, 6.07) is 6.96. The van der Waals surface area contributed by atoms with E-state index in [1.54, 1.807) is 0 Å². The molecular formula is C20H21F2NO2. The summed E-state index contributed by atoms with van der Waals surface area (Å²) in [5.74, 6) is 0.461. The Bertz CT molecular complexity index is 789. The van der Waals surface area contributed by atoms with Gasteiger partial charge >= 0.3 is 0 Å². The van der Waals surface area contributed by atoms with E-state index in [1.165, 1.54) is 63.4 Å². The van der Waals surface area contributed by atoms with Crippen LogP contribution in [0.15, 0.2) is 30.3 Å². The Balaban J connectivity index is 1.74. The topological polar surface area (TPSA) is 42.4 Å². The van der Waals surface area contributed by atoms with E-state index < -0.39 is 17.2 Å². The van der Waals surface area contributed by atoms with Gasteiger partial charge in [-0.2, -0.15) is 0 Å². The van der Waals surface area contributed by atoms with E-state index in [-0.39, 0.29) is 17.4 Å². The molecule has 0 saturated heterocycles. The number of aliphatic hydroxyl groups is 1. The number of aromatic nitrogens is 1. The minimum Gasteiger partial charge on any atom is -0.474 e. The van der Waals surface area contributed by atoms with Crippen molar-refractivity contribution < 1.29 is 18.6 Å². The second kappa shape index (κ2) is 5.77. The highest BCUT2D eigenvalue weighted by Crippen LogP contribution is 2.53. The van der Waals surface area contributed by atoms with Crippen LogP contribution in [-0.4, -0.2) is 16.2 Å². The molecule has 0 aliphatic heterocycles. The molecule has 3 nitrogen and oxygen atoms in total. The zero-order chi connectivity index (χ0) is 17.8. The molecule has 132 valence electrons. The van der Waals surface area contributed by atoms with E-state index in [1.807, 2.05) is 0 Å². The SMILES string of the molecule is CC(C)(O)c1cc(OC2[C@H]3CCC[C@@H]23)nc(-c2ccc(F)cc2)c1F. The summed E-state index contributed by atoms with van der Waals surface area (Å²) in [4.78, 5) is 4.32. The Morgan fingerprint density at radius 2 is 1.76 bits per heavy atom. The van der Waals surface area contributed by atoms with Gasteiger partial charge in [-0.25, -0.2) is 13.8 Å². The molecule has 3 atom stereocenters. The van der Waals surface area contributed by atoms with Gasteiger partial charge in [-0.15, -0.1) is 0 Å². The number of rotatable bonds is 4. The Morgan fingerprint density at radius 3 is 2.36 bits per heavy atom. The van der Waals surface area contributed by atoms with Gasteiger partial charge < -0.3 is 9.84 Å². The quantitative estimate of drug-likeness (QED) is 0.891. The molecule has 2 aliphatic rings. The third-order valence-electron chi connectivity index (χ3n) is 5.30. The molecule has 0 radical (unpaired) electrons. The summed E-state index contributed by atoms with van der Waals surface area (Å²) in [6.45, 7) is 3.05. The lowest BCUT2D eigenvalue weighted by atomic mass is 9.96. The van der Waals surface area contributed by atoms with Crippen molar-refractivity contribution in [2.75, 3.05) is 0 Å². The molecule has 2 aliphatic carbocycles. The van der Waals surface area contributed by atoms with Gasteiger partial charge in [-0.1, -0.05) is 6.42 Å². The molecule has 5 heteroatoms. The zero-order valence-electron chi connectivity index (χ0n) is 14.3. The highest BCUT2D eigenvalue weighted by atomic mass is 19.1. The van der Waals surface area contributed by atoms with E-state index in [9.17, 15) is 13.9 Å². The molecule has 25 heavy (non-hydrogen) atoms. The normalized spacial score (nSPS) is 24.9. The summed E-state index contributed by atoms with van der Waals surface area (Å²) in [7, 11) is 0. The zero-order valence-corrected chi connectivity index (χ0v) is 14.3.